The maximum atomic E-state index is 12.2. The van der Waals surface area contributed by atoms with E-state index in [-0.39, 0.29) is 18.2 Å². The number of hydrogen-bond acceptors (Lipinski definition) is 4. The molecule has 0 radical (unpaired) electrons. The summed E-state index contributed by atoms with van der Waals surface area (Å²) in [5, 5.41) is 0. The quantitative estimate of drug-likeness (QED) is 0.811. The van der Waals surface area contributed by atoms with Crippen LogP contribution in [-0.4, -0.2) is 34.9 Å². The van der Waals surface area contributed by atoms with Crippen LogP contribution in [0, 0.1) is 0 Å². The van der Waals surface area contributed by atoms with Crippen molar-refractivity contribution in [1.82, 2.24) is 9.88 Å². The highest BCUT2D eigenvalue weighted by Crippen LogP contribution is 2.18. The number of rotatable bonds is 3. The van der Waals surface area contributed by atoms with Gasteiger partial charge in [0.15, 0.2) is 6.61 Å². The second kappa shape index (κ2) is 6.39. The van der Waals surface area contributed by atoms with E-state index in [0.29, 0.717) is 13.1 Å². The molecule has 0 spiro atoms. The minimum atomic E-state index is -0.577. The smallest absolute Gasteiger partial charge is 0.357 e. The van der Waals surface area contributed by atoms with Gasteiger partial charge in [0.25, 0.3) is 5.91 Å². The van der Waals surface area contributed by atoms with E-state index >= 15 is 0 Å². The zero-order chi connectivity index (χ0) is 15.4. The van der Waals surface area contributed by atoms with Crippen molar-refractivity contribution in [1.29, 1.82) is 0 Å². The van der Waals surface area contributed by atoms with Gasteiger partial charge in [0, 0.05) is 19.3 Å². The van der Waals surface area contributed by atoms with Crippen molar-refractivity contribution in [3.8, 4) is 0 Å². The van der Waals surface area contributed by atoms with Crippen molar-refractivity contribution < 1.29 is 14.3 Å². The normalized spacial score (nSPS) is 13.4. The molecule has 0 fully saturated rings. The molecule has 0 N–H and O–H groups in total. The molecule has 0 atom stereocenters. The van der Waals surface area contributed by atoms with Gasteiger partial charge in [0.05, 0.1) is 0 Å². The van der Waals surface area contributed by atoms with Gasteiger partial charge in [-0.2, -0.15) is 0 Å². The van der Waals surface area contributed by atoms with Gasteiger partial charge < -0.3 is 9.64 Å². The highest BCUT2D eigenvalue weighted by molar-refractivity contribution is 5.89. The summed E-state index contributed by atoms with van der Waals surface area (Å²) in [7, 11) is 0. The van der Waals surface area contributed by atoms with Gasteiger partial charge in [-0.05, 0) is 29.7 Å². The van der Waals surface area contributed by atoms with Crippen molar-refractivity contribution >= 4 is 11.9 Å². The number of amides is 1. The van der Waals surface area contributed by atoms with E-state index in [1.807, 2.05) is 18.2 Å². The maximum Gasteiger partial charge on any atom is 0.357 e. The van der Waals surface area contributed by atoms with E-state index < -0.39 is 5.97 Å². The number of esters is 1. The molecule has 0 saturated carbocycles. The molecule has 22 heavy (non-hydrogen) atoms. The first-order valence-electron chi connectivity index (χ1n) is 7.17. The van der Waals surface area contributed by atoms with Crippen LogP contribution in [0.3, 0.4) is 0 Å². The predicted octanol–water partition coefficient (Wildman–Crippen LogP) is 1.82. The molecule has 1 aliphatic rings. The Morgan fingerprint density at radius 3 is 2.64 bits per heavy atom. The molecule has 0 unspecified atom stereocenters. The maximum absolute atomic E-state index is 12.2. The van der Waals surface area contributed by atoms with Gasteiger partial charge in [-0.25, -0.2) is 9.78 Å². The van der Waals surface area contributed by atoms with Gasteiger partial charge in [-0.3, -0.25) is 4.79 Å². The number of pyridine rings is 1. The lowest BCUT2D eigenvalue weighted by Crippen LogP contribution is -2.38. The lowest BCUT2D eigenvalue weighted by Gasteiger charge is -2.28. The number of fused-ring (bicyclic) bond motifs is 1. The topological polar surface area (TPSA) is 59.5 Å². The summed E-state index contributed by atoms with van der Waals surface area (Å²) in [6, 6.07) is 13.1. The molecule has 2 heterocycles. The van der Waals surface area contributed by atoms with Crippen molar-refractivity contribution in [2.45, 2.75) is 13.0 Å². The molecule has 0 aliphatic carbocycles. The van der Waals surface area contributed by atoms with Gasteiger partial charge in [0.1, 0.15) is 5.69 Å². The Kier molecular flexibility index (Phi) is 4.14. The minimum absolute atomic E-state index is 0.182. The predicted molar refractivity (Wildman–Crippen MR) is 80.1 cm³/mol. The van der Waals surface area contributed by atoms with Gasteiger partial charge in [-0.1, -0.05) is 30.3 Å². The second-order valence-electron chi connectivity index (χ2n) is 5.13. The average molecular weight is 296 g/mol. The number of hydrogen-bond donors (Lipinski definition) is 0. The molecule has 112 valence electrons. The third kappa shape index (κ3) is 3.14. The average Bonchev–Trinajstić information content (AvgIpc) is 2.59. The Morgan fingerprint density at radius 1 is 1.09 bits per heavy atom. The van der Waals surface area contributed by atoms with E-state index in [4.69, 9.17) is 4.74 Å². The fourth-order valence-corrected chi connectivity index (χ4v) is 2.48. The summed E-state index contributed by atoms with van der Waals surface area (Å²) in [5.41, 5.74) is 2.63. The molecule has 1 aromatic heterocycles. The Balaban J connectivity index is 1.56. The molecule has 2 aromatic rings. The highest BCUT2D eigenvalue weighted by Gasteiger charge is 2.21. The number of benzene rings is 1. The molecule has 1 amide bonds. The number of ether oxygens (including phenoxy) is 1. The number of aromatic nitrogens is 1. The Bertz CT molecular complexity index is 685. The van der Waals surface area contributed by atoms with Crippen LogP contribution in [0.5, 0.6) is 0 Å². The molecule has 5 heteroatoms. The van der Waals surface area contributed by atoms with E-state index in [9.17, 15) is 9.59 Å². The van der Waals surface area contributed by atoms with Crippen LogP contribution in [0.25, 0.3) is 0 Å². The van der Waals surface area contributed by atoms with Crippen LogP contribution in [0.15, 0.2) is 48.7 Å². The lowest BCUT2D eigenvalue weighted by atomic mass is 10.00. The standard InChI is InChI=1S/C17H16N2O3/c20-16(12-22-17(21)15-7-3-4-9-18-15)19-10-8-13-5-1-2-6-14(13)11-19/h1-7,9H,8,10-12H2. The molecule has 3 rings (SSSR count). The zero-order valence-corrected chi connectivity index (χ0v) is 12.1. The third-order valence-corrected chi connectivity index (χ3v) is 3.68. The summed E-state index contributed by atoms with van der Waals surface area (Å²) in [6.45, 7) is 0.963. The van der Waals surface area contributed by atoms with Crippen LogP contribution in [0.4, 0.5) is 0 Å². The van der Waals surface area contributed by atoms with Crippen LogP contribution in [0.1, 0.15) is 21.6 Å². The fraction of sp³-hybridized carbons (Fsp3) is 0.235. The molecule has 1 aromatic carbocycles. The van der Waals surface area contributed by atoms with Crippen molar-refractivity contribution in [2.75, 3.05) is 13.2 Å². The third-order valence-electron chi connectivity index (χ3n) is 3.68. The first-order chi connectivity index (χ1) is 10.7. The Labute approximate surface area is 128 Å². The van der Waals surface area contributed by atoms with E-state index in [2.05, 4.69) is 11.1 Å². The molecular formula is C17H16N2O3. The highest BCUT2D eigenvalue weighted by atomic mass is 16.5. The Hall–Kier alpha value is -2.69. The van der Waals surface area contributed by atoms with Crippen molar-refractivity contribution in [3.05, 3.63) is 65.5 Å². The number of nitrogens with zero attached hydrogens (tertiary/aromatic N) is 2. The van der Waals surface area contributed by atoms with E-state index in [0.717, 1.165) is 12.0 Å². The fourth-order valence-electron chi connectivity index (χ4n) is 2.48. The van der Waals surface area contributed by atoms with Gasteiger partial charge >= 0.3 is 5.97 Å². The summed E-state index contributed by atoms with van der Waals surface area (Å²) >= 11 is 0. The van der Waals surface area contributed by atoms with Crippen LogP contribution >= 0.6 is 0 Å². The summed E-state index contributed by atoms with van der Waals surface area (Å²) < 4.78 is 5.04. The monoisotopic (exact) mass is 296 g/mol. The van der Waals surface area contributed by atoms with Crippen LogP contribution < -0.4 is 0 Å². The van der Waals surface area contributed by atoms with E-state index in [1.165, 1.54) is 11.8 Å². The molecule has 1 aliphatic heterocycles. The molecule has 5 nitrogen and oxygen atoms in total. The van der Waals surface area contributed by atoms with Crippen molar-refractivity contribution in [3.63, 3.8) is 0 Å². The zero-order valence-electron chi connectivity index (χ0n) is 12.1. The van der Waals surface area contributed by atoms with Crippen molar-refractivity contribution in [2.24, 2.45) is 0 Å². The molecule has 0 saturated heterocycles. The molecular weight excluding hydrogens is 280 g/mol. The van der Waals surface area contributed by atoms with Crippen LogP contribution in [0.2, 0.25) is 0 Å². The lowest BCUT2D eigenvalue weighted by molar-refractivity contribution is -0.135. The SMILES string of the molecule is O=C(OCC(=O)N1CCc2ccccc2C1)c1ccccn1. The second-order valence-corrected chi connectivity index (χ2v) is 5.13. The first kappa shape index (κ1) is 14.3. The van der Waals surface area contributed by atoms with Gasteiger partial charge in [0.2, 0.25) is 0 Å². The summed E-state index contributed by atoms with van der Waals surface area (Å²) in [6.07, 6.45) is 2.34. The van der Waals surface area contributed by atoms with Gasteiger partial charge in [-0.15, -0.1) is 0 Å². The first-order valence-corrected chi connectivity index (χ1v) is 7.17. The van der Waals surface area contributed by atoms with E-state index in [1.54, 1.807) is 23.1 Å². The largest absolute Gasteiger partial charge is 0.451 e. The summed E-state index contributed by atoms with van der Waals surface area (Å²) in [5.74, 6) is -0.759. The number of carbonyl (C=O) groups excluding carboxylic acids is 2. The van der Waals surface area contributed by atoms with Crippen LogP contribution in [-0.2, 0) is 22.5 Å². The molecule has 0 bridgehead atoms. The Morgan fingerprint density at radius 2 is 1.86 bits per heavy atom. The summed E-state index contributed by atoms with van der Waals surface area (Å²) in [4.78, 5) is 29.6. The number of carbonyl (C=O) groups is 2. The minimum Gasteiger partial charge on any atom is -0.451 e.